The van der Waals surface area contributed by atoms with Gasteiger partial charge in [0.05, 0.1) is 12.7 Å². The second-order valence-electron chi connectivity index (χ2n) is 4.92. The molecule has 0 aromatic heterocycles. The van der Waals surface area contributed by atoms with Crippen LogP contribution >= 0.6 is 18.2 Å². The molecule has 1 aliphatic heterocycles. The molecule has 5 heteroatoms. The van der Waals surface area contributed by atoms with Crippen molar-refractivity contribution in [1.29, 1.82) is 0 Å². The third kappa shape index (κ3) is 3.23. The fourth-order valence-corrected chi connectivity index (χ4v) is 3.11. The molecule has 1 saturated heterocycles. The van der Waals surface area contributed by atoms with E-state index >= 15 is 0 Å². The maximum absolute atomic E-state index is 11.4. The minimum absolute atomic E-state index is 0.0837. The van der Waals surface area contributed by atoms with E-state index in [1.54, 1.807) is 0 Å². The fraction of sp³-hybridized carbons (Fsp3) is 1.00. The van der Waals surface area contributed by atoms with Crippen molar-refractivity contribution in [3.8, 4) is 0 Å². The molecule has 0 spiro atoms. The van der Waals surface area contributed by atoms with Crippen LogP contribution in [0.1, 0.15) is 34.1 Å². The Kier molecular flexibility index (Phi) is 3.69. The van der Waals surface area contributed by atoms with E-state index in [4.69, 9.17) is 20.3 Å². The summed E-state index contributed by atoms with van der Waals surface area (Å²) in [6.45, 7) is 5.37. The summed E-state index contributed by atoms with van der Waals surface area (Å²) >= 11 is 5.59. The minimum atomic E-state index is -3.31. The predicted molar refractivity (Wildman–Crippen MR) is 57.5 cm³/mol. The van der Waals surface area contributed by atoms with Crippen LogP contribution in [0, 0.1) is 11.3 Å². The van der Waals surface area contributed by atoms with Crippen LogP contribution in [0.4, 0.5) is 0 Å². The first-order valence-electron chi connectivity index (χ1n) is 4.85. The van der Waals surface area contributed by atoms with Crippen molar-refractivity contribution in [2.24, 2.45) is 11.3 Å². The minimum Gasteiger partial charge on any atom is -0.296 e. The molecule has 0 N–H and O–H groups in total. The van der Waals surface area contributed by atoms with Gasteiger partial charge in [0, 0.05) is 16.7 Å². The van der Waals surface area contributed by atoms with Crippen molar-refractivity contribution in [3.63, 3.8) is 0 Å². The van der Waals surface area contributed by atoms with Crippen LogP contribution in [0.5, 0.6) is 0 Å². The number of rotatable bonds is 2. The summed E-state index contributed by atoms with van der Waals surface area (Å²) < 4.78 is 21.7. The molecule has 0 amide bonds. The lowest BCUT2D eigenvalue weighted by Gasteiger charge is -2.40. The summed E-state index contributed by atoms with van der Waals surface area (Å²) in [4.78, 5) is 0. The number of hydrogen-bond acceptors (Lipinski definition) is 3. The molecule has 0 aromatic carbocycles. The van der Waals surface area contributed by atoms with Gasteiger partial charge in [0.1, 0.15) is 0 Å². The monoisotopic (exact) mass is 240 g/mol. The van der Waals surface area contributed by atoms with E-state index in [0.29, 0.717) is 12.5 Å². The van der Waals surface area contributed by atoms with Gasteiger partial charge in [-0.2, -0.15) is 0 Å². The third-order valence-electron chi connectivity index (χ3n) is 2.40. The number of hydrogen-bond donors (Lipinski definition) is 0. The van der Waals surface area contributed by atoms with E-state index in [0.717, 1.165) is 6.42 Å². The Hall–Kier alpha value is 0.440. The van der Waals surface area contributed by atoms with Crippen molar-refractivity contribution in [2.45, 2.75) is 40.2 Å². The molecular formula is C9H18ClO3P. The lowest BCUT2D eigenvalue weighted by Crippen LogP contribution is -2.39. The zero-order chi connectivity index (χ0) is 11.0. The highest BCUT2D eigenvalue weighted by atomic mass is 35.7. The van der Waals surface area contributed by atoms with Crippen LogP contribution in [0.3, 0.4) is 0 Å². The smallest absolute Gasteiger partial charge is 0.296 e. The second kappa shape index (κ2) is 4.13. The van der Waals surface area contributed by atoms with Crippen LogP contribution in [0.2, 0.25) is 0 Å². The van der Waals surface area contributed by atoms with E-state index in [1.165, 1.54) is 0 Å². The van der Waals surface area contributed by atoms with Crippen LogP contribution in [0.25, 0.3) is 0 Å². The lowest BCUT2D eigenvalue weighted by molar-refractivity contribution is -0.0283. The van der Waals surface area contributed by atoms with E-state index in [-0.39, 0.29) is 11.5 Å². The SMILES string of the molecule is CC(C)CC1OP(=O)(Cl)OCC1(C)C. The van der Waals surface area contributed by atoms with Crippen molar-refractivity contribution >= 4 is 18.2 Å². The lowest BCUT2D eigenvalue weighted by atomic mass is 9.83. The zero-order valence-corrected chi connectivity index (χ0v) is 10.8. The number of halogens is 1. The molecule has 1 aliphatic rings. The molecule has 1 rings (SSSR count). The van der Waals surface area contributed by atoms with Crippen LogP contribution in [0.15, 0.2) is 0 Å². The summed E-state index contributed by atoms with van der Waals surface area (Å²) in [5, 5.41) is 0. The Morgan fingerprint density at radius 3 is 2.64 bits per heavy atom. The van der Waals surface area contributed by atoms with E-state index < -0.39 is 6.95 Å². The Labute approximate surface area is 90.4 Å². The summed E-state index contributed by atoms with van der Waals surface area (Å²) in [7, 11) is 0. The highest BCUT2D eigenvalue weighted by Crippen LogP contribution is 2.60. The molecule has 2 atom stereocenters. The van der Waals surface area contributed by atoms with Gasteiger partial charge in [0.15, 0.2) is 0 Å². The van der Waals surface area contributed by atoms with Crippen LogP contribution in [-0.4, -0.2) is 12.7 Å². The van der Waals surface area contributed by atoms with Crippen LogP contribution in [-0.2, 0) is 13.6 Å². The van der Waals surface area contributed by atoms with Gasteiger partial charge in [-0.25, -0.2) is 4.57 Å². The topological polar surface area (TPSA) is 35.5 Å². The van der Waals surface area contributed by atoms with Gasteiger partial charge in [-0.15, -0.1) is 0 Å². The quantitative estimate of drug-likeness (QED) is 0.689. The third-order valence-corrected chi connectivity index (χ3v) is 3.88. The standard InChI is InChI=1S/C9H18ClO3P/c1-7(2)5-8-9(3,4)6-12-14(10,11)13-8/h7-8H,5-6H2,1-4H3. The van der Waals surface area contributed by atoms with Crippen molar-refractivity contribution in [3.05, 3.63) is 0 Å². The summed E-state index contributed by atoms with van der Waals surface area (Å²) in [5.41, 5.74) is -0.118. The summed E-state index contributed by atoms with van der Waals surface area (Å²) in [5.74, 6) is 0.494. The maximum atomic E-state index is 11.4. The largest absolute Gasteiger partial charge is 0.424 e. The van der Waals surface area contributed by atoms with Gasteiger partial charge >= 0.3 is 6.95 Å². The molecule has 84 valence electrons. The molecule has 14 heavy (non-hydrogen) atoms. The van der Waals surface area contributed by atoms with Crippen molar-refractivity contribution < 1.29 is 13.6 Å². The summed E-state index contributed by atoms with van der Waals surface area (Å²) in [6.07, 6.45) is 0.771. The van der Waals surface area contributed by atoms with E-state index in [1.807, 2.05) is 13.8 Å². The zero-order valence-electron chi connectivity index (χ0n) is 9.12. The molecule has 0 bridgehead atoms. The van der Waals surface area contributed by atoms with E-state index in [9.17, 15) is 4.57 Å². The van der Waals surface area contributed by atoms with Gasteiger partial charge in [0.2, 0.25) is 0 Å². The Bertz CT molecular complexity index is 252. The first kappa shape index (κ1) is 12.5. The fourth-order valence-electron chi connectivity index (χ4n) is 1.45. The summed E-state index contributed by atoms with van der Waals surface area (Å²) in [6, 6.07) is 0. The maximum Gasteiger partial charge on any atom is 0.424 e. The average Bonchev–Trinajstić information content (AvgIpc) is 1.97. The average molecular weight is 241 g/mol. The van der Waals surface area contributed by atoms with Crippen LogP contribution < -0.4 is 0 Å². The normalized spacial score (nSPS) is 37.4. The molecule has 0 radical (unpaired) electrons. The molecule has 1 heterocycles. The molecule has 3 nitrogen and oxygen atoms in total. The van der Waals surface area contributed by atoms with Gasteiger partial charge in [-0.1, -0.05) is 27.7 Å². The van der Waals surface area contributed by atoms with Crippen molar-refractivity contribution in [2.75, 3.05) is 6.61 Å². The first-order valence-corrected chi connectivity index (χ1v) is 7.30. The first-order chi connectivity index (χ1) is 6.23. The Morgan fingerprint density at radius 1 is 1.57 bits per heavy atom. The molecule has 2 unspecified atom stereocenters. The predicted octanol–water partition coefficient (Wildman–Crippen LogP) is 3.82. The molecule has 1 fully saturated rings. The Morgan fingerprint density at radius 2 is 2.14 bits per heavy atom. The van der Waals surface area contributed by atoms with Gasteiger partial charge in [-0.3, -0.25) is 9.05 Å². The molecule has 0 saturated carbocycles. The van der Waals surface area contributed by atoms with Crippen molar-refractivity contribution in [1.82, 2.24) is 0 Å². The molecule has 0 aromatic rings. The highest BCUT2D eigenvalue weighted by molar-refractivity contribution is 7.81. The molecule has 0 aliphatic carbocycles. The second-order valence-corrected chi connectivity index (χ2v) is 7.49. The highest BCUT2D eigenvalue weighted by Gasteiger charge is 2.43. The van der Waals surface area contributed by atoms with Gasteiger partial charge in [0.25, 0.3) is 0 Å². The van der Waals surface area contributed by atoms with Gasteiger partial charge in [-0.05, 0) is 12.3 Å². The Balaban J connectivity index is 2.71. The van der Waals surface area contributed by atoms with Gasteiger partial charge < -0.3 is 0 Å². The van der Waals surface area contributed by atoms with E-state index in [2.05, 4.69) is 13.8 Å². The molecular weight excluding hydrogens is 223 g/mol.